The highest BCUT2D eigenvalue weighted by molar-refractivity contribution is 5.89. The van der Waals surface area contributed by atoms with Gasteiger partial charge in [-0.05, 0) is 42.2 Å². The second-order valence-electron chi connectivity index (χ2n) is 5.99. The number of carbonyl (C=O) groups is 2. The lowest BCUT2D eigenvalue weighted by molar-refractivity contribution is -0.143. The minimum atomic E-state index is -0.577. The van der Waals surface area contributed by atoms with Gasteiger partial charge in [-0.15, -0.1) is 0 Å². The summed E-state index contributed by atoms with van der Waals surface area (Å²) in [5.41, 5.74) is 2.01. The van der Waals surface area contributed by atoms with E-state index in [4.69, 9.17) is 14.2 Å². The molecule has 140 valence electrons. The summed E-state index contributed by atoms with van der Waals surface area (Å²) in [5, 5.41) is 2.74. The molecule has 0 bridgehead atoms. The van der Waals surface area contributed by atoms with Crippen LogP contribution in [-0.2, 0) is 20.7 Å². The van der Waals surface area contributed by atoms with Crippen molar-refractivity contribution in [1.29, 1.82) is 0 Å². The van der Waals surface area contributed by atoms with E-state index in [9.17, 15) is 9.59 Å². The predicted molar refractivity (Wildman–Crippen MR) is 100 cm³/mol. The highest BCUT2D eigenvalue weighted by atomic mass is 16.7. The number of esters is 1. The summed E-state index contributed by atoms with van der Waals surface area (Å²) in [4.78, 5) is 23.4. The van der Waals surface area contributed by atoms with Crippen molar-refractivity contribution in [2.75, 3.05) is 19.9 Å². The fourth-order valence-corrected chi connectivity index (χ4v) is 2.58. The largest absolute Gasteiger partial charge is 0.454 e. The molecule has 1 amide bonds. The number of hydrogen-bond acceptors (Lipinski definition) is 5. The van der Waals surface area contributed by atoms with Crippen LogP contribution >= 0.6 is 0 Å². The Morgan fingerprint density at radius 3 is 2.74 bits per heavy atom. The molecule has 1 aliphatic rings. The van der Waals surface area contributed by atoms with E-state index in [2.05, 4.69) is 17.4 Å². The van der Waals surface area contributed by atoms with E-state index in [-0.39, 0.29) is 19.3 Å². The number of benzene rings is 2. The van der Waals surface area contributed by atoms with Crippen molar-refractivity contribution in [3.05, 3.63) is 65.7 Å². The van der Waals surface area contributed by atoms with Gasteiger partial charge < -0.3 is 19.5 Å². The normalized spacial score (nSPS) is 12.1. The zero-order valence-electron chi connectivity index (χ0n) is 14.9. The van der Waals surface area contributed by atoms with Gasteiger partial charge in [-0.3, -0.25) is 4.79 Å². The van der Waals surface area contributed by atoms with Crippen LogP contribution in [0, 0.1) is 0 Å². The van der Waals surface area contributed by atoms with Crippen LogP contribution in [0.4, 0.5) is 0 Å². The summed E-state index contributed by atoms with van der Waals surface area (Å²) in [6, 6.07) is 15.4. The quantitative estimate of drug-likeness (QED) is 0.441. The van der Waals surface area contributed by atoms with Gasteiger partial charge in [0.1, 0.15) is 0 Å². The van der Waals surface area contributed by atoms with Gasteiger partial charge in [0.25, 0.3) is 5.91 Å². The maximum Gasteiger partial charge on any atom is 0.331 e. The standard InChI is InChI=1S/C21H21NO5/c23-20(22-12-4-7-16-5-2-1-3-6-16)14-25-21(24)11-9-17-8-10-18-19(13-17)27-15-26-18/h1-3,5-6,8-11,13H,4,7,12,14-15H2,(H,22,23)/b11-9+. The molecule has 0 atom stereocenters. The third-order valence-corrected chi connectivity index (χ3v) is 3.96. The molecule has 2 aromatic carbocycles. The molecule has 6 nitrogen and oxygen atoms in total. The summed E-state index contributed by atoms with van der Waals surface area (Å²) in [6.07, 6.45) is 4.59. The Labute approximate surface area is 157 Å². The van der Waals surface area contributed by atoms with Gasteiger partial charge >= 0.3 is 5.97 Å². The monoisotopic (exact) mass is 367 g/mol. The van der Waals surface area contributed by atoms with Gasteiger partial charge in [0, 0.05) is 12.6 Å². The smallest absolute Gasteiger partial charge is 0.331 e. The first-order valence-corrected chi connectivity index (χ1v) is 8.76. The molecule has 0 aromatic heterocycles. The molecular weight excluding hydrogens is 346 g/mol. The van der Waals surface area contributed by atoms with E-state index in [1.165, 1.54) is 11.6 Å². The van der Waals surface area contributed by atoms with Gasteiger partial charge in [-0.1, -0.05) is 36.4 Å². The van der Waals surface area contributed by atoms with Crippen LogP contribution in [0.25, 0.3) is 6.08 Å². The molecule has 0 saturated heterocycles. The molecule has 0 aliphatic carbocycles. The molecule has 0 saturated carbocycles. The molecule has 3 rings (SSSR count). The van der Waals surface area contributed by atoms with E-state index in [1.54, 1.807) is 24.3 Å². The summed E-state index contributed by atoms with van der Waals surface area (Å²) >= 11 is 0. The van der Waals surface area contributed by atoms with Crippen LogP contribution in [0.15, 0.2) is 54.6 Å². The van der Waals surface area contributed by atoms with Crippen LogP contribution in [0.5, 0.6) is 11.5 Å². The molecule has 6 heteroatoms. The van der Waals surface area contributed by atoms with Gasteiger partial charge in [0.05, 0.1) is 0 Å². The molecule has 1 N–H and O–H groups in total. The fraction of sp³-hybridized carbons (Fsp3) is 0.238. The topological polar surface area (TPSA) is 73.9 Å². The SMILES string of the molecule is O=C(COC(=O)/C=C/c1ccc2c(c1)OCO2)NCCCc1ccccc1. The number of rotatable bonds is 8. The first kappa shape index (κ1) is 18.5. The summed E-state index contributed by atoms with van der Waals surface area (Å²) in [6.45, 7) is 0.443. The Morgan fingerprint density at radius 2 is 1.89 bits per heavy atom. The highest BCUT2D eigenvalue weighted by Crippen LogP contribution is 2.32. The third-order valence-electron chi connectivity index (χ3n) is 3.96. The minimum Gasteiger partial charge on any atom is -0.454 e. The average Bonchev–Trinajstić information content (AvgIpc) is 3.17. The van der Waals surface area contributed by atoms with Crippen LogP contribution in [-0.4, -0.2) is 31.8 Å². The molecule has 0 unspecified atom stereocenters. The van der Waals surface area contributed by atoms with E-state index in [0.717, 1.165) is 18.4 Å². The third kappa shape index (κ3) is 5.88. The van der Waals surface area contributed by atoms with Crippen molar-refractivity contribution in [2.45, 2.75) is 12.8 Å². The second-order valence-corrected chi connectivity index (χ2v) is 5.99. The number of hydrogen-bond donors (Lipinski definition) is 1. The number of ether oxygens (including phenoxy) is 3. The lowest BCUT2D eigenvalue weighted by Crippen LogP contribution is -2.29. The van der Waals surface area contributed by atoms with E-state index >= 15 is 0 Å². The van der Waals surface area contributed by atoms with Crippen molar-refractivity contribution in [3.63, 3.8) is 0 Å². The van der Waals surface area contributed by atoms with Gasteiger partial charge in [0.2, 0.25) is 6.79 Å². The van der Waals surface area contributed by atoms with Crippen LogP contribution in [0.2, 0.25) is 0 Å². The molecular formula is C21H21NO5. The van der Waals surface area contributed by atoms with Crippen LogP contribution in [0.1, 0.15) is 17.5 Å². The molecule has 0 radical (unpaired) electrons. The van der Waals surface area contributed by atoms with Gasteiger partial charge in [0.15, 0.2) is 18.1 Å². The van der Waals surface area contributed by atoms with E-state index in [1.807, 2.05) is 18.2 Å². The molecule has 1 aliphatic heterocycles. The number of aryl methyl sites for hydroxylation is 1. The second kappa shape index (κ2) is 9.43. The number of amides is 1. The van der Waals surface area contributed by atoms with Crippen molar-refractivity contribution in [1.82, 2.24) is 5.32 Å². The Kier molecular flexibility index (Phi) is 6.46. The number of carbonyl (C=O) groups excluding carboxylic acids is 2. The van der Waals surface area contributed by atoms with Crippen molar-refractivity contribution in [2.24, 2.45) is 0 Å². The maximum atomic E-state index is 11.7. The Hall–Kier alpha value is -3.28. The Morgan fingerprint density at radius 1 is 1.07 bits per heavy atom. The fourth-order valence-electron chi connectivity index (χ4n) is 2.58. The number of fused-ring (bicyclic) bond motifs is 1. The Bertz CT molecular complexity index is 817. The van der Waals surface area contributed by atoms with Crippen molar-refractivity contribution < 1.29 is 23.8 Å². The van der Waals surface area contributed by atoms with Crippen molar-refractivity contribution >= 4 is 18.0 Å². The highest BCUT2D eigenvalue weighted by Gasteiger charge is 2.12. The van der Waals surface area contributed by atoms with Crippen LogP contribution in [0.3, 0.4) is 0 Å². The zero-order chi connectivity index (χ0) is 18.9. The molecule has 2 aromatic rings. The predicted octanol–water partition coefficient (Wildman–Crippen LogP) is 2.72. The Balaban J connectivity index is 1.33. The van der Waals surface area contributed by atoms with Crippen molar-refractivity contribution in [3.8, 4) is 11.5 Å². The first-order chi connectivity index (χ1) is 13.2. The van der Waals surface area contributed by atoms with E-state index in [0.29, 0.717) is 18.0 Å². The minimum absolute atomic E-state index is 0.199. The van der Waals surface area contributed by atoms with Crippen LogP contribution < -0.4 is 14.8 Å². The molecule has 1 heterocycles. The zero-order valence-corrected chi connectivity index (χ0v) is 14.9. The number of nitrogens with one attached hydrogen (secondary N) is 1. The summed E-state index contributed by atoms with van der Waals surface area (Å²) in [5.74, 6) is 0.430. The lowest BCUT2D eigenvalue weighted by atomic mass is 10.1. The first-order valence-electron chi connectivity index (χ1n) is 8.76. The average molecular weight is 367 g/mol. The van der Waals surface area contributed by atoms with Gasteiger partial charge in [-0.2, -0.15) is 0 Å². The summed E-state index contributed by atoms with van der Waals surface area (Å²) in [7, 11) is 0. The maximum absolute atomic E-state index is 11.7. The molecule has 0 spiro atoms. The lowest BCUT2D eigenvalue weighted by Gasteiger charge is -2.05. The molecule has 27 heavy (non-hydrogen) atoms. The van der Waals surface area contributed by atoms with E-state index < -0.39 is 5.97 Å². The summed E-state index contributed by atoms with van der Waals surface area (Å²) < 4.78 is 15.4. The van der Waals surface area contributed by atoms with Gasteiger partial charge in [-0.25, -0.2) is 4.79 Å². The molecule has 0 fully saturated rings.